The molecule has 0 saturated heterocycles. The lowest BCUT2D eigenvalue weighted by Crippen LogP contribution is -2.33. The molecule has 1 amide bonds. The van der Waals surface area contributed by atoms with E-state index in [1.54, 1.807) is 11.3 Å². The molecular formula is C18H25N3O2S. The molecule has 3 rings (SSSR count). The van der Waals surface area contributed by atoms with Gasteiger partial charge in [0.25, 0.3) is 5.56 Å². The lowest BCUT2D eigenvalue weighted by atomic mass is 9.89. The Kier molecular flexibility index (Phi) is 5.04. The molecule has 0 spiro atoms. The molecule has 0 aliphatic heterocycles. The number of fused-ring (bicyclic) bond motifs is 3. The molecule has 130 valence electrons. The van der Waals surface area contributed by atoms with Gasteiger partial charge in [0.05, 0.1) is 11.7 Å². The number of aryl methyl sites for hydroxylation is 1. The number of rotatable bonds is 5. The van der Waals surface area contributed by atoms with Crippen molar-refractivity contribution in [2.45, 2.75) is 53.0 Å². The third-order valence-corrected chi connectivity index (χ3v) is 5.80. The summed E-state index contributed by atoms with van der Waals surface area (Å²) in [6.45, 7) is 7.18. The molecule has 0 aromatic carbocycles. The van der Waals surface area contributed by atoms with E-state index in [9.17, 15) is 9.59 Å². The second kappa shape index (κ2) is 7.05. The molecule has 1 N–H and O–H groups in total. The van der Waals surface area contributed by atoms with E-state index in [1.807, 2.05) is 0 Å². The zero-order valence-corrected chi connectivity index (χ0v) is 15.4. The Labute approximate surface area is 146 Å². The van der Waals surface area contributed by atoms with E-state index in [1.165, 1.54) is 21.3 Å². The van der Waals surface area contributed by atoms with Crippen LogP contribution in [-0.4, -0.2) is 22.0 Å². The maximum atomic E-state index is 12.8. The van der Waals surface area contributed by atoms with Gasteiger partial charge in [0.1, 0.15) is 11.4 Å². The highest BCUT2D eigenvalue weighted by Gasteiger charge is 2.23. The predicted octanol–water partition coefficient (Wildman–Crippen LogP) is 2.75. The fourth-order valence-corrected chi connectivity index (χ4v) is 4.53. The van der Waals surface area contributed by atoms with Gasteiger partial charge >= 0.3 is 0 Å². The number of hydrogen-bond donors (Lipinski definition) is 1. The van der Waals surface area contributed by atoms with Crippen LogP contribution in [0.5, 0.6) is 0 Å². The second-order valence-electron chi connectivity index (χ2n) is 7.24. The van der Waals surface area contributed by atoms with Gasteiger partial charge in [-0.15, -0.1) is 11.3 Å². The number of nitrogens with zero attached hydrogens (tertiary/aromatic N) is 2. The van der Waals surface area contributed by atoms with Crippen LogP contribution in [0.3, 0.4) is 0 Å². The minimum Gasteiger partial charge on any atom is -0.355 e. The van der Waals surface area contributed by atoms with Crippen molar-refractivity contribution in [3.8, 4) is 0 Å². The maximum absolute atomic E-state index is 12.8. The van der Waals surface area contributed by atoms with Crippen LogP contribution in [0.4, 0.5) is 0 Å². The van der Waals surface area contributed by atoms with Crippen molar-refractivity contribution in [2.24, 2.45) is 11.8 Å². The molecule has 2 heterocycles. The van der Waals surface area contributed by atoms with E-state index >= 15 is 0 Å². The highest BCUT2D eigenvalue weighted by atomic mass is 32.1. The van der Waals surface area contributed by atoms with Gasteiger partial charge < -0.3 is 5.32 Å². The Morgan fingerprint density at radius 2 is 2.29 bits per heavy atom. The Morgan fingerprint density at radius 3 is 3.04 bits per heavy atom. The van der Waals surface area contributed by atoms with Gasteiger partial charge in [0.15, 0.2) is 0 Å². The van der Waals surface area contributed by atoms with Crippen LogP contribution in [-0.2, 0) is 24.2 Å². The number of nitrogens with one attached hydrogen (secondary N) is 1. The number of thiophene rings is 1. The molecule has 2 aromatic rings. The first kappa shape index (κ1) is 17.1. The van der Waals surface area contributed by atoms with Gasteiger partial charge in [-0.2, -0.15) is 0 Å². The van der Waals surface area contributed by atoms with Crippen LogP contribution < -0.4 is 10.9 Å². The summed E-state index contributed by atoms with van der Waals surface area (Å²) >= 11 is 1.64. The SMILES string of the molecule is CC(C)CCNC(=O)Cn1cnc2sc3c(c2c1=O)CCC(C)C3. The van der Waals surface area contributed by atoms with Gasteiger partial charge in [-0.3, -0.25) is 14.2 Å². The molecule has 0 bridgehead atoms. The third kappa shape index (κ3) is 3.53. The van der Waals surface area contributed by atoms with Gasteiger partial charge in [-0.25, -0.2) is 4.98 Å². The summed E-state index contributed by atoms with van der Waals surface area (Å²) in [5.41, 5.74) is 1.09. The molecule has 1 aliphatic rings. The van der Waals surface area contributed by atoms with E-state index in [-0.39, 0.29) is 18.0 Å². The van der Waals surface area contributed by atoms with Gasteiger partial charge in [0, 0.05) is 11.4 Å². The first-order valence-electron chi connectivity index (χ1n) is 8.72. The van der Waals surface area contributed by atoms with Crippen LogP contribution >= 0.6 is 11.3 Å². The predicted molar refractivity (Wildman–Crippen MR) is 97.5 cm³/mol. The average Bonchev–Trinajstić information content (AvgIpc) is 2.87. The topological polar surface area (TPSA) is 64.0 Å². The first-order valence-corrected chi connectivity index (χ1v) is 9.53. The quantitative estimate of drug-likeness (QED) is 0.904. The van der Waals surface area contributed by atoms with Crippen molar-refractivity contribution in [3.63, 3.8) is 0 Å². The molecule has 1 atom stereocenters. The van der Waals surface area contributed by atoms with Crippen molar-refractivity contribution in [1.29, 1.82) is 0 Å². The summed E-state index contributed by atoms with van der Waals surface area (Å²) < 4.78 is 1.44. The zero-order chi connectivity index (χ0) is 17.3. The van der Waals surface area contributed by atoms with E-state index < -0.39 is 0 Å². The molecule has 6 heteroatoms. The highest BCUT2D eigenvalue weighted by Crippen LogP contribution is 2.35. The smallest absolute Gasteiger partial charge is 0.262 e. The molecule has 24 heavy (non-hydrogen) atoms. The normalized spacial score (nSPS) is 17.2. The fourth-order valence-electron chi connectivity index (χ4n) is 3.19. The monoisotopic (exact) mass is 347 g/mol. The summed E-state index contributed by atoms with van der Waals surface area (Å²) in [5, 5.41) is 3.61. The third-order valence-electron chi connectivity index (χ3n) is 4.64. The average molecular weight is 347 g/mol. The van der Waals surface area contributed by atoms with Crippen LogP contribution in [0.25, 0.3) is 10.2 Å². The van der Waals surface area contributed by atoms with Crippen molar-refractivity contribution in [2.75, 3.05) is 6.54 Å². The van der Waals surface area contributed by atoms with Gasteiger partial charge in [-0.1, -0.05) is 20.8 Å². The summed E-state index contributed by atoms with van der Waals surface area (Å²) in [6, 6.07) is 0. The molecule has 2 aromatic heterocycles. The first-order chi connectivity index (χ1) is 11.5. The van der Waals surface area contributed by atoms with E-state index in [2.05, 4.69) is 31.1 Å². The summed E-state index contributed by atoms with van der Waals surface area (Å²) in [6.07, 6.45) is 5.54. The van der Waals surface area contributed by atoms with Crippen molar-refractivity contribution in [1.82, 2.24) is 14.9 Å². The van der Waals surface area contributed by atoms with E-state index in [0.29, 0.717) is 18.4 Å². The van der Waals surface area contributed by atoms with Crippen LogP contribution in [0.1, 0.15) is 44.1 Å². The lowest BCUT2D eigenvalue weighted by Gasteiger charge is -2.17. The maximum Gasteiger partial charge on any atom is 0.262 e. The second-order valence-corrected chi connectivity index (χ2v) is 8.33. The van der Waals surface area contributed by atoms with Crippen LogP contribution in [0, 0.1) is 11.8 Å². The van der Waals surface area contributed by atoms with Crippen molar-refractivity contribution >= 4 is 27.5 Å². The Morgan fingerprint density at radius 1 is 1.50 bits per heavy atom. The van der Waals surface area contributed by atoms with Crippen molar-refractivity contribution < 1.29 is 4.79 Å². The van der Waals surface area contributed by atoms with Crippen LogP contribution in [0.2, 0.25) is 0 Å². The molecule has 0 radical (unpaired) electrons. The molecular weight excluding hydrogens is 322 g/mol. The highest BCUT2D eigenvalue weighted by molar-refractivity contribution is 7.18. The largest absolute Gasteiger partial charge is 0.355 e. The lowest BCUT2D eigenvalue weighted by molar-refractivity contribution is -0.121. The number of aromatic nitrogens is 2. The Balaban J connectivity index is 1.81. The number of hydrogen-bond acceptors (Lipinski definition) is 4. The summed E-state index contributed by atoms with van der Waals surface area (Å²) in [7, 11) is 0. The Hall–Kier alpha value is -1.69. The molecule has 1 unspecified atom stereocenters. The Bertz CT molecular complexity index is 806. The fraction of sp³-hybridized carbons (Fsp3) is 0.611. The molecule has 0 fully saturated rings. The number of amides is 1. The van der Waals surface area contributed by atoms with Crippen LogP contribution in [0.15, 0.2) is 11.1 Å². The standard InChI is InChI=1S/C18H25N3O2S/c1-11(2)6-7-19-15(22)9-21-10-20-17-16(18(21)23)13-5-4-12(3)8-14(13)24-17/h10-12H,4-9H2,1-3H3,(H,19,22). The van der Waals surface area contributed by atoms with Crippen molar-refractivity contribution in [3.05, 3.63) is 27.1 Å². The number of carbonyl (C=O) groups excluding carboxylic acids is 1. The minimum absolute atomic E-state index is 0.0426. The van der Waals surface area contributed by atoms with E-state index in [0.717, 1.165) is 35.9 Å². The molecule has 0 saturated carbocycles. The molecule has 1 aliphatic carbocycles. The number of carbonyl (C=O) groups is 1. The zero-order valence-electron chi connectivity index (χ0n) is 14.6. The summed E-state index contributed by atoms with van der Waals surface area (Å²) in [4.78, 5) is 31.4. The van der Waals surface area contributed by atoms with E-state index in [4.69, 9.17) is 0 Å². The van der Waals surface area contributed by atoms with Gasteiger partial charge in [0.2, 0.25) is 5.91 Å². The van der Waals surface area contributed by atoms with Gasteiger partial charge in [-0.05, 0) is 43.1 Å². The molecule has 5 nitrogen and oxygen atoms in total. The minimum atomic E-state index is -0.128. The summed E-state index contributed by atoms with van der Waals surface area (Å²) in [5.74, 6) is 1.09.